The minimum Gasteiger partial charge on any atom is -0.350 e. The zero-order chi connectivity index (χ0) is 24.0. The van der Waals surface area contributed by atoms with Gasteiger partial charge in [0.05, 0.1) is 0 Å². The summed E-state index contributed by atoms with van der Waals surface area (Å²) in [6.45, 7) is 0.351. The molecule has 1 N–H and O–H groups in total. The fourth-order valence-electron chi connectivity index (χ4n) is 4.57. The zero-order valence-corrected chi connectivity index (χ0v) is 19.9. The van der Waals surface area contributed by atoms with E-state index in [0.717, 1.165) is 54.0 Å². The van der Waals surface area contributed by atoms with Gasteiger partial charge in [-0.1, -0.05) is 53.0 Å². The van der Waals surface area contributed by atoms with E-state index in [9.17, 15) is 9.59 Å². The third-order valence-electron chi connectivity index (χ3n) is 6.24. The lowest BCUT2D eigenvalue weighted by molar-refractivity contribution is -0.122. The van der Waals surface area contributed by atoms with Crippen molar-refractivity contribution in [2.45, 2.75) is 38.3 Å². The Hall–Kier alpha value is -3.91. The first-order valence-corrected chi connectivity index (χ1v) is 12.5. The standard InChI is InChI=1S/C27H25N5O2S/c33-26(29-16-19-8-2-1-3-9-19)25(21-12-7-15-28-17-21)32(27(34)23-18-35-31-30-23)24-14-6-11-20-10-4-5-13-22(20)24/h1-3,6-9,11-12,14-15,17-18,25H,4-5,10,13,16H2,(H,29,33)/t25-/m1/s1. The van der Waals surface area contributed by atoms with Crippen LogP contribution in [0, 0.1) is 0 Å². The number of fused-ring (bicyclic) bond motifs is 1. The van der Waals surface area contributed by atoms with E-state index < -0.39 is 6.04 Å². The Kier molecular flexibility index (Phi) is 6.90. The van der Waals surface area contributed by atoms with Gasteiger partial charge in [0.25, 0.3) is 5.91 Å². The number of carbonyl (C=O) groups excluding carboxylic acids is 2. The van der Waals surface area contributed by atoms with E-state index in [1.807, 2.05) is 48.5 Å². The Bertz CT molecular complexity index is 1300. The smallest absolute Gasteiger partial charge is 0.280 e. The van der Waals surface area contributed by atoms with Crippen LogP contribution in [0.3, 0.4) is 0 Å². The average molecular weight is 484 g/mol. The lowest BCUT2D eigenvalue weighted by atomic mass is 9.89. The first-order chi connectivity index (χ1) is 17.2. The first-order valence-electron chi connectivity index (χ1n) is 11.7. The molecule has 2 amide bonds. The second-order valence-corrected chi connectivity index (χ2v) is 9.09. The van der Waals surface area contributed by atoms with E-state index in [0.29, 0.717) is 12.1 Å². The van der Waals surface area contributed by atoms with Gasteiger partial charge in [0.1, 0.15) is 6.04 Å². The van der Waals surface area contributed by atoms with Gasteiger partial charge in [-0.2, -0.15) is 0 Å². The summed E-state index contributed by atoms with van der Waals surface area (Å²) in [5, 5.41) is 8.69. The van der Waals surface area contributed by atoms with Crippen LogP contribution in [0.15, 0.2) is 78.4 Å². The van der Waals surface area contributed by atoms with Crippen molar-refractivity contribution in [3.8, 4) is 0 Å². The van der Waals surface area contributed by atoms with Crippen molar-refractivity contribution >= 4 is 29.0 Å². The predicted molar refractivity (Wildman–Crippen MR) is 135 cm³/mol. The fraction of sp³-hybridized carbons (Fsp3) is 0.222. The van der Waals surface area contributed by atoms with Crippen LogP contribution in [0.1, 0.15) is 51.6 Å². The fourth-order valence-corrected chi connectivity index (χ4v) is 5.00. The van der Waals surface area contributed by atoms with Gasteiger partial charge in [0, 0.05) is 35.6 Å². The molecule has 35 heavy (non-hydrogen) atoms. The lowest BCUT2D eigenvalue weighted by Gasteiger charge is -2.33. The highest BCUT2D eigenvalue weighted by molar-refractivity contribution is 7.03. The highest BCUT2D eigenvalue weighted by Crippen LogP contribution is 2.36. The third-order valence-corrected chi connectivity index (χ3v) is 6.75. The first kappa shape index (κ1) is 22.9. The normalized spacial score (nSPS) is 13.5. The molecule has 1 aliphatic rings. The summed E-state index contributed by atoms with van der Waals surface area (Å²) in [7, 11) is 0. The molecule has 2 aromatic heterocycles. The van der Waals surface area contributed by atoms with Gasteiger partial charge in [-0.05, 0) is 66.0 Å². The Morgan fingerprint density at radius 2 is 1.86 bits per heavy atom. The molecular formula is C27H25N5O2S. The van der Waals surface area contributed by atoms with Crippen molar-refractivity contribution in [1.29, 1.82) is 0 Å². The van der Waals surface area contributed by atoms with Crippen LogP contribution in [0.4, 0.5) is 5.69 Å². The van der Waals surface area contributed by atoms with Gasteiger partial charge >= 0.3 is 0 Å². The topological polar surface area (TPSA) is 88.1 Å². The minimum atomic E-state index is -0.921. The molecule has 0 aliphatic heterocycles. The van der Waals surface area contributed by atoms with E-state index in [1.54, 1.807) is 28.7 Å². The monoisotopic (exact) mass is 483 g/mol. The molecule has 8 heteroatoms. The molecule has 176 valence electrons. The number of rotatable bonds is 7. The van der Waals surface area contributed by atoms with Crippen LogP contribution in [-0.2, 0) is 24.2 Å². The number of hydrogen-bond donors (Lipinski definition) is 1. The average Bonchev–Trinajstić information content (AvgIpc) is 3.46. The highest BCUT2D eigenvalue weighted by atomic mass is 32.1. The predicted octanol–water partition coefficient (Wildman–Crippen LogP) is 4.52. The molecule has 5 rings (SSSR count). The summed E-state index contributed by atoms with van der Waals surface area (Å²) in [6.07, 6.45) is 7.27. The maximum Gasteiger partial charge on any atom is 0.280 e. The van der Waals surface area contributed by atoms with Crippen molar-refractivity contribution in [1.82, 2.24) is 19.9 Å². The van der Waals surface area contributed by atoms with Gasteiger partial charge < -0.3 is 5.32 Å². The maximum atomic E-state index is 13.9. The molecule has 0 fully saturated rings. The molecule has 4 aromatic rings. The van der Waals surface area contributed by atoms with Crippen molar-refractivity contribution < 1.29 is 9.59 Å². The molecule has 0 radical (unpaired) electrons. The number of aromatic nitrogens is 3. The SMILES string of the molecule is O=C(NCc1ccccc1)[C@@H](c1cccnc1)N(C(=O)c1csnn1)c1cccc2c1CCCC2. The summed E-state index contributed by atoms with van der Waals surface area (Å²) in [6, 6.07) is 18.4. The minimum absolute atomic E-state index is 0.216. The van der Waals surface area contributed by atoms with Crippen LogP contribution in [-0.4, -0.2) is 26.4 Å². The Balaban J connectivity index is 1.60. The van der Waals surface area contributed by atoms with E-state index in [4.69, 9.17) is 0 Å². The van der Waals surface area contributed by atoms with E-state index in [1.165, 1.54) is 5.56 Å². The largest absolute Gasteiger partial charge is 0.350 e. The molecule has 0 unspecified atom stereocenters. The molecule has 0 spiro atoms. The molecular weight excluding hydrogens is 458 g/mol. The molecule has 1 aliphatic carbocycles. The molecule has 2 aromatic carbocycles. The van der Waals surface area contributed by atoms with Crippen molar-refractivity contribution in [3.05, 3.63) is 106 Å². The van der Waals surface area contributed by atoms with Crippen LogP contribution in [0.2, 0.25) is 0 Å². The number of hydrogen-bond acceptors (Lipinski definition) is 6. The number of pyridine rings is 1. The molecule has 2 heterocycles. The number of nitrogens with zero attached hydrogens (tertiary/aromatic N) is 4. The van der Waals surface area contributed by atoms with Crippen molar-refractivity contribution in [2.24, 2.45) is 0 Å². The van der Waals surface area contributed by atoms with Gasteiger partial charge in [-0.15, -0.1) is 5.10 Å². The Morgan fingerprint density at radius 3 is 2.63 bits per heavy atom. The number of aryl methyl sites for hydroxylation is 1. The summed E-state index contributed by atoms with van der Waals surface area (Å²) in [5.41, 5.74) is 4.89. The summed E-state index contributed by atoms with van der Waals surface area (Å²) >= 11 is 1.11. The molecule has 7 nitrogen and oxygen atoms in total. The van der Waals surface area contributed by atoms with E-state index >= 15 is 0 Å². The van der Waals surface area contributed by atoms with Crippen molar-refractivity contribution in [3.63, 3.8) is 0 Å². The second-order valence-electron chi connectivity index (χ2n) is 8.48. The summed E-state index contributed by atoms with van der Waals surface area (Å²) < 4.78 is 3.89. The summed E-state index contributed by atoms with van der Waals surface area (Å²) in [5.74, 6) is -0.645. The maximum absolute atomic E-state index is 13.9. The number of nitrogens with one attached hydrogen (secondary N) is 1. The second kappa shape index (κ2) is 10.6. The quantitative estimate of drug-likeness (QED) is 0.418. The Morgan fingerprint density at radius 1 is 1.00 bits per heavy atom. The van der Waals surface area contributed by atoms with Gasteiger partial charge in [0.2, 0.25) is 5.91 Å². The Labute approximate surface area is 208 Å². The molecule has 1 atom stereocenters. The van der Waals surface area contributed by atoms with E-state index in [2.05, 4.69) is 26.0 Å². The molecule has 0 bridgehead atoms. The van der Waals surface area contributed by atoms with Crippen molar-refractivity contribution in [2.75, 3.05) is 4.90 Å². The zero-order valence-electron chi connectivity index (χ0n) is 19.1. The lowest BCUT2D eigenvalue weighted by Crippen LogP contribution is -2.44. The number of anilines is 1. The van der Waals surface area contributed by atoms with Crippen LogP contribution in [0.25, 0.3) is 0 Å². The highest BCUT2D eigenvalue weighted by Gasteiger charge is 2.36. The molecule has 0 saturated carbocycles. The number of carbonyl (C=O) groups is 2. The summed E-state index contributed by atoms with van der Waals surface area (Å²) in [4.78, 5) is 33.6. The number of amides is 2. The third kappa shape index (κ3) is 4.97. The number of benzene rings is 2. The van der Waals surface area contributed by atoms with Gasteiger partial charge in [0.15, 0.2) is 5.69 Å². The van der Waals surface area contributed by atoms with Crippen LogP contribution in [0.5, 0.6) is 0 Å². The molecule has 0 saturated heterocycles. The van der Waals surface area contributed by atoms with Gasteiger partial charge in [-0.25, -0.2) is 0 Å². The van der Waals surface area contributed by atoms with E-state index in [-0.39, 0.29) is 17.5 Å². The van der Waals surface area contributed by atoms with Gasteiger partial charge in [-0.3, -0.25) is 19.5 Å². The van der Waals surface area contributed by atoms with Crippen LogP contribution < -0.4 is 10.2 Å². The van der Waals surface area contributed by atoms with Crippen LogP contribution >= 0.6 is 11.5 Å².